The first-order chi connectivity index (χ1) is 11.2. The molecule has 0 radical (unpaired) electrons. The summed E-state index contributed by atoms with van der Waals surface area (Å²) in [5, 5.41) is 3.62. The third-order valence-electron chi connectivity index (χ3n) is 5.10. The second-order valence-corrected chi connectivity index (χ2v) is 6.91. The van der Waals surface area contributed by atoms with E-state index >= 15 is 0 Å². The molecule has 1 aliphatic rings. The van der Waals surface area contributed by atoms with Gasteiger partial charge in [-0.3, -0.25) is 4.99 Å². The Hall–Kier alpha value is -0.300. The molecule has 0 aromatic carbocycles. The Labute approximate surface area is 166 Å². The Morgan fingerprint density at radius 1 is 1.29 bits per heavy atom. The van der Waals surface area contributed by atoms with Gasteiger partial charge in [0.05, 0.1) is 0 Å². The van der Waals surface area contributed by atoms with Crippen LogP contribution >= 0.6 is 24.0 Å². The van der Waals surface area contributed by atoms with Crippen molar-refractivity contribution in [3.8, 4) is 0 Å². The normalized spacial score (nSPS) is 16.5. The minimum atomic E-state index is 0. The molecule has 0 spiro atoms. The number of ether oxygens (including phenoxy) is 1. The van der Waals surface area contributed by atoms with Crippen molar-refractivity contribution in [3.05, 3.63) is 12.7 Å². The predicted molar refractivity (Wildman–Crippen MR) is 115 cm³/mol. The molecule has 5 heteroatoms. The van der Waals surface area contributed by atoms with Crippen LogP contribution in [-0.4, -0.2) is 51.8 Å². The third-order valence-corrected chi connectivity index (χ3v) is 5.10. The van der Waals surface area contributed by atoms with Crippen molar-refractivity contribution in [3.63, 3.8) is 0 Å². The van der Waals surface area contributed by atoms with E-state index in [1.807, 2.05) is 13.1 Å². The van der Waals surface area contributed by atoms with Crippen LogP contribution in [0.4, 0.5) is 0 Å². The molecule has 142 valence electrons. The number of methoxy groups -OCH3 is 1. The average Bonchev–Trinajstić information content (AvgIpc) is 3.02. The van der Waals surface area contributed by atoms with Gasteiger partial charge in [0, 0.05) is 40.9 Å². The highest BCUT2D eigenvalue weighted by molar-refractivity contribution is 14.0. The standard InChI is InChI=1S/C19H37N3O.HI/c1-5-6-7-8-11-15-22(3)18(20-2)21-17-19(14-16-23-4)12-9-10-13-19;/h5H,1,6-17H2,2-4H3,(H,20,21);1H. The van der Waals surface area contributed by atoms with E-state index in [0.29, 0.717) is 5.41 Å². The van der Waals surface area contributed by atoms with E-state index in [2.05, 4.69) is 28.8 Å². The van der Waals surface area contributed by atoms with E-state index < -0.39 is 0 Å². The van der Waals surface area contributed by atoms with Crippen molar-refractivity contribution < 1.29 is 4.74 Å². The lowest BCUT2D eigenvalue weighted by molar-refractivity contribution is 0.138. The minimum absolute atomic E-state index is 0. The second-order valence-electron chi connectivity index (χ2n) is 6.91. The number of hydrogen-bond donors (Lipinski definition) is 1. The maximum absolute atomic E-state index is 5.32. The summed E-state index contributed by atoms with van der Waals surface area (Å²) in [7, 11) is 5.82. The molecule has 4 nitrogen and oxygen atoms in total. The maximum Gasteiger partial charge on any atom is 0.193 e. The first-order valence-corrected chi connectivity index (χ1v) is 9.19. The summed E-state index contributed by atoms with van der Waals surface area (Å²) < 4.78 is 5.32. The molecule has 0 aliphatic heterocycles. The second kappa shape index (κ2) is 13.9. The first kappa shape index (κ1) is 23.7. The lowest BCUT2D eigenvalue weighted by Gasteiger charge is -2.31. The van der Waals surface area contributed by atoms with E-state index in [4.69, 9.17) is 4.74 Å². The van der Waals surface area contributed by atoms with Crippen molar-refractivity contribution in [1.82, 2.24) is 10.2 Å². The molecule has 1 fully saturated rings. The summed E-state index contributed by atoms with van der Waals surface area (Å²) in [6.07, 6.45) is 13.3. The van der Waals surface area contributed by atoms with Crippen LogP contribution in [-0.2, 0) is 4.74 Å². The smallest absolute Gasteiger partial charge is 0.193 e. The molecule has 0 aromatic heterocycles. The molecule has 1 N–H and O–H groups in total. The SMILES string of the molecule is C=CCCCCCN(C)C(=NC)NCC1(CCOC)CCCC1.I. The molecule has 1 aliphatic carbocycles. The fraction of sp³-hybridized carbons (Fsp3) is 0.842. The fourth-order valence-electron chi connectivity index (χ4n) is 3.53. The molecule has 0 atom stereocenters. The topological polar surface area (TPSA) is 36.9 Å². The van der Waals surface area contributed by atoms with Crippen molar-refractivity contribution >= 4 is 29.9 Å². The molecule has 0 unspecified atom stereocenters. The van der Waals surface area contributed by atoms with Crippen LogP contribution in [0.15, 0.2) is 17.6 Å². The average molecular weight is 451 g/mol. The number of hydrogen-bond acceptors (Lipinski definition) is 2. The number of halogens is 1. The van der Waals surface area contributed by atoms with Gasteiger partial charge in [0.2, 0.25) is 0 Å². The molecule has 0 bridgehead atoms. The van der Waals surface area contributed by atoms with Gasteiger partial charge in [0.15, 0.2) is 5.96 Å². The van der Waals surface area contributed by atoms with E-state index in [1.165, 1.54) is 44.9 Å². The fourth-order valence-corrected chi connectivity index (χ4v) is 3.53. The van der Waals surface area contributed by atoms with Crippen LogP contribution in [0.3, 0.4) is 0 Å². The van der Waals surface area contributed by atoms with E-state index in [9.17, 15) is 0 Å². The number of aliphatic imine (C=N–C) groups is 1. The number of guanidine groups is 1. The van der Waals surface area contributed by atoms with Crippen LogP contribution in [0.1, 0.15) is 57.8 Å². The van der Waals surface area contributed by atoms with E-state index in [-0.39, 0.29) is 24.0 Å². The Bertz CT molecular complexity index is 355. The number of rotatable bonds is 11. The van der Waals surface area contributed by atoms with Crippen LogP contribution in [0.5, 0.6) is 0 Å². The van der Waals surface area contributed by atoms with Gasteiger partial charge in [0.1, 0.15) is 0 Å². The van der Waals surface area contributed by atoms with E-state index in [0.717, 1.165) is 38.5 Å². The monoisotopic (exact) mass is 451 g/mol. The van der Waals surface area contributed by atoms with Crippen molar-refractivity contribution in [2.45, 2.75) is 57.8 Å². The summed E-state index contributed by atoms with van der Waals surface area (Å²) in [5.41, 5.74) is 0.400. The molecule has 0 heterocycles. The summed E-state index contributed by atoms with van der Waals surface area (Å²) in [5.74, 6) is 1.03. The maximum atomic E-state index is 5.32. The molecule has 1 rings (SSSR count). The zero-order valence-corrected chi connectivity index (χ0v) is 18.3. The Kier molecular flexibility index (Phi) is 13.8. The number of nitrogens with zero attached hydrogens (tertiary/aromatic N) is 2. The van der Waals surface area contributed by atoms with Crippen molar-refractivity contribution in [2.75, 3.05) is 40.9 Å². The first-order valence-electron chi connectivity index (χ1n) is 9.19. The Morgan fingerprint density at radius 2 is 2.00 bits per heavy atom. The van der Waals surface area contributed by atoms with Crippen LogP contribution in [0, 0.1) is 5.41 Å². The number of allylic oxidation sites excluding steroid dienone is 1. The highest BCUT2D eigenvalue weighted by Crippen LogP contribution is 2.40. The van der Waals surface area contributed by atoms with Gasteiger partial charge in [0.25, 0.3) is 0 Å². The van der Waals surface area contributed by atoms with Crippen LogP contribution < -0.4 is 5.32 Å². The van der Waals surface area contributed by atoms with Crippen LogP contribution in [0.25, 0.3) is 0 Å². The largest absolute Gasteiger partial charge is 0.385 e. The lowest BCUT2D eigenvalue weighted by Crippen LogP contribution is -2.44. The molecular weight excluding hydrogens is 413 g/mol. The summed E-state index contributed by atoms with van der Waals surface area (Å²) in [4.78, 5) is 6.72. The molecule has 0 saturated heterocycles. The lowest BCUT2D eigenvalue weighted by atomic mass is 9.83. The van der Waals surface area contributed by atoms with Gasteiger partial charge in [-0.2, -0.15) is 0 Å². The minimum Gasteiger partial charge on any atom is -0.385 e. The number of nitrogens with one attached hydrogen (secondary N) is 1. The van der Waals surface area contributed by atoms with Gasteiger partial charge >= 0.3 is 0 Å². The molecule has 0 amide bonds. The Morgan fingerprint density at radius 3 is 2.58 bits per heavy atom. The summed E-state index contributed by atoms with van der Waals surface area (Å²) in [6, 6.07) is 0. The van der Waals surface area contributed by atoms with Crippen molar-refractivity contribution in [2.24, 2.45) is 10.4 Å². The van der Waals surface area contributed by atoms with Gasteiger partial charge < -0.3 is 15.0 Å². The molecule has 24 heavy (non-hydrogen) atoms. The summed E-state index contributed by atoms with van der Waals surface area (Å²) >= 11 is 0. The zero-order valence-electron chi connectivity index (χ0n) is 16.0. The quantitative estimate of drug-likeness (QED) is 0.166. The van der Waals surface area contributed by atoms with Crippen LogP contribution in [0.2, 0.25) is 0 Å². The third kappa shape index (κ3) is 8.70. The highest BCUT2D eigenvalue weighted by Gasteiger charge is 2.33. The molecule has 0 aromatic rings. The number of unbranched alkanes of at least 4 members (excludes halogenated alkanes) is 3. The Balaban J connectivity index is 0.00000529. The van der Waals surface area contributed by atoms with Gasteiger partial charge in [-0.25, -0.2) is 0 Å². The van der Waals surface area contributed by atoms with E-state index in [1.54, 1.807) is 7.11 Å². The van der Waals surface area contributed by atoms with Gasteiger partial charge in [-0.1, -0.05) is 25.3 Å². The predicted octanol–water partition coefficient (Wildman–Crippen LogP) is 4.45. The summed E-state index contributed by atoms with van der Waals surface area (Å²) in [6.45, 7) is 6.71. The van der Waals surface area contributed by atoms with Gasteiger partial charge in [-0.15, -0.1) is 30.6 Å². The van der Waals surface area contributed by atoms with Crippen molar-refractivity contribution in [1.29, 1.82) is 0 Å². The van der Waals surface area contributed by atoms with Gasteiger partial charge in [-0.05, 0) is 43.9 Å². The highest BCUT2D eigenvalue weighted by atomic mass is 127. The zero-order chi connectivity index (χ0) is 17.0. The molecular formula is C19H38IN3O. The molecule has 1 saturated carbocycles.